The molecule has 0 bridgehead atoms. The molecule has 0 saturated heterocycles. The minimum atomic E-state index is -0.204. The van der Waals surface area contributed by atoms with Crippen LogP contribution in [0.15, 0.2) is 92.3 Å². The molecule has 6 aromatic rings. The van der Waals surface area contributed by atoms with Crippen molar-refractivity contribution in [2.75, 3.05) is 12.5 Å². The fourth-order valence-corrected chi connectivity index (χ4v) is 4.93. The van der Waals surface area contributed by atoms with E-state index in [0.717, 1.165) is 16.2 Å². The van der Waals surface area contributed by atoms with E-state index in [4.69, 9.17) is 0 Å². The topological polar surface area (TPSA) is 127 Å². The number of rotatable bonds is 5. The molecule has 0 aliphatic rings. The number of aromatic amines is 2. The average molecular weight is 676 g/mol. The minimum absolute atomic E-state index is 0. The van der Waals surface area contributed by atoms with Crippen LogP contribution in [0.5, 0.6) is 0 Å². The Morgan fingerprint density at radius 2 is 1.19 bits per heavy atom. The third-order valence-electron chi connectivity index (χ3n) is 6.35. The van der Waals surface area contributed by atoms with Crippen LogP contribution in [0.2, 0.25) is 0 Å². The van der Waals surface area contributed by atoms with Gasteiger partial charge in [-0.15, -0.1) is 11.8 Å². The molecule has 4 aromatic heterocycles. The van der Waals surface area contributed by atoms with Crippen LogP contribution in [0.25, 0.3) is 22.6 Å². The summed E-state index contributed by atoms with van der Waals surface area (Å²) in [5, 5.41) is 0.797. The summed E-state index contributed by atoms with van der Waals surface area (Å²) in [6, 6.07) is 19.5. The van der Waals surface area contributed by atoms with Crippen molar-refractivity contribution in [1.82, 2.24) is 39.0 Å². The van der Waals surface area contributed by atoms with Crippen LogP contribution >= 0.6 is 27.7 Å². The number of benzene rings is 2. The molecule has 0 unspecified atom stereocenters. The van der Waals surface area contributed by atoms with E-state index in [2.05, 4.69) is 58.5 Å². The average Bonchev–Trinajstić information content (AvgIpc) is 3.52. The first-order valence-corrected chi connectivity index (χ1v) is 15.4. The summed E-state index contributed by atoms with van der Waals surface area (Å²) in [7, 11) is 0. The number of aromatic nitrogens is 8. The maximum atomic E-state index is 12.2. The number of hydrogen-bond acceptors (Lipinski definition) is 8. The Labute approximate surface area is 282 Å². The van der Waals surface area contributed by atoms with Crippen LogP contribution in [0.1, 0.15) is 37.1 Å². The molecule has 4 heterocycles. The van der Waals surface area contributed by atoms with Gasteiger partial charge in [0.2, 0.25) is 0 Å². The molecule has 0 aliphatic carbocycles. The Kier molecular flexibility index (Phi) is 12.6. The zero-order chi connectivity index (χ0) is 29.5. The van der Waals surface area contributed by atoms with E-state index < -0.39 is 0 Å². The number of halogens is 1. The second-order valence-corrected chi connectivity index (χ2v) is 10.4. The predicted octanol–water partition coefficient (Wildman–Crippen LogP) is 2.11. The fraction of sp³-hybridized carbons (Fsp3) is 0.214. The van der Waals surface area contributed by atoms with Crippen LogP contribution in [0.3, 0.4) is 0 Å². The minimum Gasteiger partial charge on any atom is -0.796 e. The Bertz CT molecular complexity index is 1860. The Balaban J connectivity index is 0.000000213. The van der Waals surface area contributed by atoms with Gasteiger partial charge in [-0.05, 0) is 47.2 Å². The quantitative estimate of drug-likeness (QED) is 0.162. The number of H-pyrrole nitrogens is 2. The van der Waals surface area contributed by atoms with Gasteiger partial charge in [-0.1, -0.05) is 60.7 Å². The molecule has 0 amide bonds. The molecular formula is C28H28BrN8NaO2S2. The SMILES string of the molecule is CSc1cnc2[nH]c(=O)n([C@@H](C)c3ccccc3)c2n1.C[C@@H](c1ccccc1)n1c(=O)[nH]c2ncc(Br)nc21.C[S-].[Na+]. The van der Waals surface area contributed by atoms with Gasteiger partial charge in [0.05, 0.1) is 24.5 Å². The zero-order valence-corrected chi connectivity index (χ0v) is 29.0. The van der Waals surface area contributed by atoms with E-state index in [0.29, 0.717) is 27.2 Å². The van der Waals surface area contributed by atoms with Gasteiger partial charge < -0.3 is 12.6 Å². The molecule has 2 aromatic carbocycles. The van der Waals surface area contributed by atoms with Crippen LogP contribution in [0, 0.1) is 0 Å². The first-order valence-electron chi connectivity index (χ1n) is 12.5. The van der Waals surface area contributed by atoms with Crippen LogP contribution in [-0.4, -0.2) is 51.5 Å². The van der Waals surface area contributed by atoms with Gasteiger partial charge in [-0.3, -0.25) is 19.1 Å². The first kappa shape index (κ1) is 33.8. The third-order valence-corrected chi connectivity index (χ3v) is 7.35. The fourth-order valence-electron chi connectivity index (χ4n) is 4.33. The van der Waals surface area contributed by atoms with Crippen molar-refractivity contribution >= 4 is 62.9 Å². The van der Waals surface area contributed by atoms with Crippen LogP contribution in [-0.2, 0) is 12.6 Å². The monoisotopic (exact) mass is 674 g/mol. The van der Waals surface area contributed by atoms with Gasteiger partial charge in [0.1, 0.15) is 9.63 Å². The van der Waals surface area contributed by atoms with Crippen molar-refractivity contribution < 1.29 is 29.6 Å². The van der Waals surface area contributed by atoms with E-state index in [9.17, 15) is 9.59 Å². The largest absolute Gasteiger partial charge is 1.00 e. The summed E-state index contributed by atoms with van der Waals surface area (Å²) < 4.78 is 3.87. The Morgan fingerprint density at radius 1 is 0.762 bits per heavy atom. The van der Waals surface area contributed by atoms with E-state index in [1.165, 1.54) is 11.8 Å². The van der Waals surface area contributed by atoms with Gasteiger partial charge in [-0.2, -0.15) is 6.26 Å². The van der Waals surface area contributed by atoms with Gasteiger partial charge in [0, 0.05) is 0 Å². The van der Waals surface area contributed by atoms with Gasteiger partial charge in [0.25, 0.3) is 0 Å². The van der Waals surface area contributed by atoms with E-state index >= 15 is 0 Å². The number of thioether (sulfide) groups is 1. The van der Waals surface area contributed by atoms with E-state index in [-0.39, 0.29) is 53.0 Å². The maximum absolute atomic E-state index is 12.2. The normalized spacial score (nSPS) is 12.0. The van der Waals surface area contributed by atoms with Crippen molar-refractivity contribution in [3.05, 3.63) is 110 Å². The van der Waals surface area contributed by atoms with Crippen LogP contribution in [0.4, 0.5) is 0 Å². The second-order valence-electron chi connectivity index (χ2n) is 8.72. The maximum Gasteiger partial charge on any atom is 1.00 e. The molecule has 14 heteroatoms. The zero-order valence-electron chi connectivity index (χ0n) is 23.8. The number of hydrogen-bond donors (Lipinski definition) is 2. The van der Waals surface area contributed by atoms with Gasteiger partial charge in [0.15, 0.2) is 22.6 Å². The summed E-state index contributed by atoms with van der Waals surface area (Å²) in [5.41, 5.74) is 3.89. The molecule has 0 radical (unpaired) electrons. The first-order chi connectivity index (χ1) is 19.9. The molecule has 0 fully saturated rings. The summed E-state index contributed by atoms with van der Waals surface area (Å²) in [5.74, 6) is 0. The molecule has 212 valence electrons. The predicted molar refractivity (Wildman–Crippen MR) is 170 cm³/mol. The third kappa shape index (κ3) is 7.44. The molecule has 2 atom stereocenters. The summed E-state index contributed by atoms with van der Waals surface area (Å²) in [4.78, 5) is 46.9. The van der Waals surface area contributed by atoms with Gasteiger partial charge in [-0.25, -0.2) is 29.5 Å². The van der Waals surface area contributed by atoms with Crippen molar-refractivity contribution in [1.29, 1.82) is 0 Å². The number of fused-ring (bicyclic) bond motifs is 2. The molecule has 0 aliphatic heterocycles. The molecular weight excluding hydrogens is 647 g/mol. The summed E-state index contributed by atoms with van der Waals surface area (Å²) >= 11 is 8.87. The molecule has 42 heavy (non-hydrogen) atoms. The smallest absolute Gasteiger partial charge is 0.796 e. The summed E-state index contributed by atoms with van der Waals surface area (Å²) in [6.07, 6.45) is 6.75. The number of nitrogens with zero attached hydrogens (tertiary/aromatic N) is 6. The number of nitrogens with one attached hydrogen (secondary N) is 2. The van der Waals surface area contributed by atoms with Gasteiger partial charge >= 0.3 is 40.9 Å². The molecule has 2 N–H and O–H groups in total. The molecule has 10 nitrogen and oxygen atoms in total. The Hall–Kier alpha value is -2.68. The second kappa shape index (κ2) is 15.7. The van der Waals surface area contributed by atoms with Crippen molar-refractivity contribution in [2.45, 2.75) is 31.0 Å². The van der Waals surface area contributed by atoms with Crippen molar-refractivity contribution in [3.8, 4) is 0 Å². The standard InChI is InChI=1S/C14H14N4OS.C13H11BrN4O.CH4S.Na/c1-9(10-6-4-3-5-7-10)18-13-12(17-14(18)19)15-8-11(16-13)20-2;1-8(9-5-3-2-4-6-9)18-12-11(17-13(18)19)15-7-10(14)16-12;1-2;/h3-9H,1-2H3,(H,15,17,19);2-8H,1H3,(H,15,17,19);2H,1H3;/q;;;+1/p-1/t9-;8-;;/m00../s1. The molecule has 0 spiro atoms. The number of imidazole rings is 2. The van der Waals surface area contributed by atoms with E-state index in [1.54, 1.807) is 27.8 Å². The van der Waals surface area contributed by atoms with Crippen molar-refractivity contribution in [2.24, 2.45) is 0 Å². The van der Waals surface area contributed by atoms with Crippen molar-refractivity contribution in [3.63, 3.8) is 0 Å². The Morgan fingerprint density at radius 3 is 1.64 bits per heavy atom. The molecule has 0 saturated carbocycles. The van der Waals surface area contributed by atoms with E-state index in [1.807, 2.05) is 80.8 Å². The van der Waals surface area contributed by atoms with Crippen LogP contribution < -0.4 is 40.9 Å². The summed E-state index contributed by atoms with van der Waals surface area (Å²) in [6.45, 7) is 3.95. The molecule has 6 rings (SSSR count).